The summed E-state index contributed by atoms with van der Waals surface area (Å²) in [5.74, 6) is 0. The van der Waals surface area contributed by atoms with Crippen LogP contribution >= 0.6 is 0 Å². The third kappa shape index (κ3) is 5.95. The molecular formula is C38H50. The SMILES string of the molecule is CCCCc1cc2c(cc1CCCC)Cc1cc3c(cc1C2)Cc1cc(CCCC)c(CCCC)cc1C3. The van der Waals surface area contributed by atoms with Gasteiger partial charge in [0.05, 0.1) is 0 Å². The van der Waals surface area contributed by atoms with Crippen molar-refractivity contribution in [2.45, 2.75) is 130 Å². The first-order valence-corrected chi connectivity index (χ1v) is 16.0. The Hall–Kier alpha value is -2.34. The lowest BCUT2D eigenvalue weighted by Crippen LogP contribution is -2.15. The van der Waals surface area contributed by atoms with E-state index in [1.807, 2.05) is 0 Å². The van der Waals surface area contributed by atoms with Gasteiger partial charge in [-0.05, 0) is 144 Å². The third-order valence-electron chi connectivity index (χ3n) is 9.29. The number of hydrogen-bond acceptors (Lipinski definition) is 0. The molecule has 0 unspecified atom stereocenters. The molecule has 0 bridgehead atoms. The van der Waals surface area contributed by atoms with Crippen LogP contribution in [0.1, 0.15) is 146 Å². The van der Waals surface area contributed by atoms with E-state index in [1.54, 1.807) is 66.8 Å². The van der Waals surface area contributed by atoms with E-state index in [4.69, 9.17) is 0 Å². The molecule has 0 aliphatic heterocycles. The number of hydrogen-bond donors (Lipinski definition) is 0. The van der Waals surface area contributed by atoms with Crippen LogP contribution in [0.4, 0.5) is 0 Å². The number of unbranched alkanes of at least 4 members (excludes halogenated alkanes) is 4. The highest BCUT2D eigenvalue weighted by molar-refractivity contribution is 5.55. The summed E-state index contributed by atoms with van der Waals surface area (Å²) >= 11 is 0. The fraction of sp³-hybridized carbons (Fsp3) is 0.526. The van der Waals surface area contributed by atoms with Crippen molar-refractivity contribution in [1.82, 2.24) is 0 Å². The summed E-state index contributed by atoms with van der Waals surface area (Å²) in [5, 5.41) is 0. The molecule has 0 heterocycles. The van der Waals surface area contributed by atoms with Gasteiger partial charge in [0.1, 0.15) is 0 Å². The lowest BCUT2D eigenvalue weighted by Gasteiger charge is -2.28. The van der Waals surface area contributed by atoms with Crippen LogP contribution in [0.3, 0.4) is 0 Å². The normalized spacial score (nSPS) is 13.6. The lowest BCUT2D eigenvalue weighted by atomic mass is 9.77. The van der Waals surface area contributed by atoms with Gasteiger partial charge in [-0.25, -0.2) is 0 Å². The third-order valence-corrected chi connectivity index (χ3v) is 9.29. The number of fused-ring (bicyclic) bond motifs is 4. The zero-order valence-corrected chi connectivity index (χ0v) is 24.8. The summed E-state index contributed by atoms with van der Waals surface area (Å²) in [6.45, 7) is 9.28. The summed E-state index contributed by atoms with van der Waals surface area (Å²) in [7, 11) is 0. The zero-order valence-electron chi connectivity index (χ0n) is 24.8. The van der Waals surface area contributed by atoms with Crippen molar-refractivity contribution in [3.8, 4) is 0 Å². The average Bonchev–Trinajstić information content (AvgIpc) is 2.93. The fourth-order valence-electron chi connectivity index (χ4n) is 6.91. The van der Waals surface area contributed by atoms with E-state index in [0.29, 0.717) is 0 Å². The molecule has 0 nitrogen and oxygen atoms in total. The first-order valence-electron chi connectivity index (χ1n) is 16.0. The van der Waals surface area contributed by atoms with Gasteiger partial charge in [-0.1, -0.05) is 89.8 Å². The maximum Gasteiger partial charge on any atom is -0.00199 e. The molecule has 0 amide bonds. The summed E-state index contributed by atoms with van der Waals surface area (Å²) in [4.78, 5) is 0. The number of benzene rings is 3. The lowest BCUT2D eigenvalue weighted by molar-refractivity contribution is 0.753. The summed E-state index contributed by atoms with van der Waals surface area (Å²) < 4.78 is 0. The van der Waals surface area contributed by atoms with Crippen molar-refractivity contribution >= 4 is 0 Å². The van der Waals surface area contributed by atoms with Gasteiger partial charge in [0.2, 0.25) is 0 Å². The smallest absolute Gasteiger partial charge is 0.00199 e. The Bertz CT molecular complexity index is 1070. The van der Waals surface area contributed by atoms with E-state index in [9.17, 15) is 0 Å². The first-order chi connectivity index (χ1) is 18.6. The zero-order chi connectivity index (χ0) is 26.5. The van der Waals surface area contributed by atoms with E-state index in [1.165, 1.54) is 77.0 Å². The molecule has 2 aliphatic rings. The summed E-state index contributed by atoms with van der Waals surface area (Å²) in [6, 6.07) is 15.6. The van der Waals surface area contributed by atoms with Crippen molar-refractivity contribution in [3.05, 3.63) is 103 Å². The molecule has 0 N–H and O–H groups in total. The van der Waals surface area contributed by atoms with Crippen molar-refractivity contribution < 1.29 is 0 Å². The van der Waals surface area contributed by atoms with Crippen LogP contribution in [-0.4, -0.2) is 0 Å². The molecule has 0 spiro atoms. The van der Waals surface area contributed by atoms with Crippen molar-refractivity contribution in [2.24, 2.45) is 0 Å². The fourth-order valence-corrected chi connectivity index (χ4v) is 6.91. The Kier molecular flexibility index (Phi) is 9.08. The van der Waals surface area contributed by atoms with Crippen LogP contribution in [0.5, 0.6) is 0 Å². The standard InChI is InChI=1S/C38H50/c1-5-9-13-27-17-31-21-35-25-37-23-33-19-29(15-11-7-3)30(16-12-8-4)20-34(33)24-38(37)26-36(35)22-32(31)18-28(27)14-10-6-2/h17-20,25-26H,5-16,21-24H2,1-4H3. The van der Waals surface area contributed by atoms with Gasteiger partial charge < -0.3 is 0 Å². The Morgan fingerprint density at radius 1 is 0.342 bits per heavy atom. The van der Waals surface area contributed by atoms with Crippen LogP contribution in [0.2, 0.25) is 0 Å². The summed E-state index contributed by atoms with van der Waals surface area (Å²) in [6.07, 6.45) is 19.8. The van der Waals surface area contributed by atoms with Gasteiger partial charge in [-0.15, -0.1) is 0 Å². The number of aryl methyl sites for hydroxylation is 4. The molecule has 0 aromatic heterocycles. The van der Waals surface area contributed by atoms with Crippen LogP contribution in [-0.2, 0) is 51.4 Å². The topological polar surface area (TPSA) is 0 Å². The second kappa shape index (κ2) is 12.7. The van der Waals surface area contributed by atoms with E-state index in [2.05, 4.69) is 64.1 Å². The largest absolute Gasteiger partial charge is 0.0654 e. The van der Waals surface area contributed by atoms with Crippen molar-refractivity contribution in [3.63, 3.8) is 0 Å². The Balaban J connectivity index is 1.43. The minimum Gasteiger partial charge on any atom is -0.0654 e. The molecule has 0 atom stereocenters. The number of rotatable bonds is 12. The van der Waals surface area contributed by atoms with E-state index < -0.39 is 0 Å². The van der Waals surface area contributed by atoms with Crippen molar-refractivity contribution in [1.29, 1.82) is 0 Å². The molecule has 0 fully saturated rings. The van der Waals surface area contributed by atoms with Crippen LogP contribution < -0.4 is 0 Å². The molecule has 38 heavy (non-hydrogen) atoms. The maximum absolute atomic E-state index is 2.60. The van der Waals surface area contributed by atoms with E-state index in [0.717, 1.165) is 25.7 Å². The molecule has 202 valence electrons. The van der Waals surface area contributed by atoms with E-state index >= 15 is 0 Å². The van der Waals surface area contributed by atoms with E-state index in [-0.39, 0.29) is 0 Å². The molecule has 3 aromatic carbocycles. The molecule has 2 aliphatic carbocycles. The van der Waals surface area contributed by atoms with Crippen LogP contribution in [0.25, 0.3) is 0 Å². The molecular weight excluding hydrogens is 456 g/mol. The Morgan fingerprint density at radius 2 is 0.553 bits per heavy atom. The second-order valence-corrected chi connectivity index (χ2v) is 12.3. The van der Waals surface area contributed by atoms with Crippen molar-refractivity contribution in [2.75, 3.05) is 0 Å². The summed E-state index contributed by atoms with van der Waals surface area (Å²) in [5.41, 5.74) is 19.3. The van der Waals surface area contributed by atoms with Gasteiger partial charge in [0.15, 0.2) is 0 Å². The minimum atomic E-state index is 1.12. The molecule has 5 rings (SSSR count). The monoisotopic (exact) mass is 506 g/mol. The quantitative estimate of drug-likeness (QED) is 0.158. The van der Waals surface area contributed by atoms with Gasteiger partial charge in [0, 0.05) is 0 Å². The molecule has 0 saturated heterocycles. The van der Waals surface area contributed by atoms with Crippen LogP contribution in [0.15, 0.2) is 36.4 Å². The molecule has 0 heteroatoms. The Morgan fingerprint density at radius 3 is 0.763 bits per heavy atom. The Labute approximate surface area is 233 Å². The van der Waals surface area contributed by atoms with Gasteiger partial charge in [0.25, 0.3) is 0 Å². The predicted molar refractivity (Wildman–Crippen MR) is 165 cm³/mol. The molecule has 3 aromatic rings. The molecule has 0 radical (unpaired) electrons. The maximum atomic E-state index is 2.60. The second-order valence-electron chi connectivity index (χ2n) is 12.3. The van der Waals surface area contributed by atoms with Gasteiger partial charge in [-0.3, -0.25) is 0 Å². The van der Waals surface area contributed by atoms with Crippen LogP contribution in [0, 0.1) is 0 Å². The highest BCUT2D eigenvalue weighted by atomic mass is 14.3. The van der Waals surface area contributed by atoms with Gasteiger partial charge >= 0.3 is 0 Å². The minimum absolute atomic E-state index is 1.12. The molecule has 0 saturated carbocycles. The predicted octanol–water partition coefficient (Wildman–Crippen LogP) is 10.0. The highest BCUT2D eigenvalue weighted by Crippen LogP contribution is 2.36. The van der Waals surface area contributed by atoms with Gasteiger partial charge in [-0.2, -0.15) is 0 Å². The first kappa shape index (κ1) is 27.2. The average molecular weight is 507 g/mol. The highest BCUT2D eigenvalue weighted by Gasteiger charge is 2.23.